The highest BCUT2D eigenvalue weighted by Crippen LogP contribution is 2.39. The molecule has 112 valence electrons. The molecule has 2 nitrogen and oxygen atoms in total. The molecule has 20 heavy (non-hydrogen) atoms. The van der Waals surface area contributed by atoms with Crippen LogP contribution in [0, 0.1) is 11.8 Å². The number of halogens is 2. The maximum absolute atomic E-state index is 6.17. The number of benzene rings is 1. The van der Waals surface area contributed by atoms with E-state index in [1.807, 2.05) is 12.1 Å². The largest absolute Gasteiger partial charge is 0.493 e. The third-order valence-electron chi connectivity index (χ3n) is 4.23. The Labute approximate surface area is 135 Å². The van der Waals surface area contributed by atoms with Gasteiger partial charge in [-0.3, -0.25) is 0 Å². The summed E-state index contributed by atoms with van der Waals surface area (Å²) in [6, 6.07) is 4.33. The second-order valence-electron chi connectivity index (χ2n) is 5.91. The van der Waals surface area contributed by atoms with Crippen molar-refractivity contribution in [3.63, 3.8) is 0 Å². The Balaban J connectivity index is 2.23. The highest BCUT2D eigenvalue weighted by atomic mass is 79.9. The predicted molar refractivity (Wildman–Crippen MR) is 89.9 cm³/mol. The van der Waals surface area contributed by atoms with Crippen LogP contribution in [0.1, 0.15) is 39.5 Å². The molecule has 1 aromatic rings. The van der Waals surface area contributed by atoms with E-state index < -0.39 is 0 Å². The number of hydrogen-bond donors (Lipinski definition) is 1. The van der Waals surface area contributed by atoms with Gasteiger partial charge in [0, 0.05) is 11.1 Å². The van der Waals surface area contributed by atoms with E-state index in [4.69, 9.17) is 16.3 Å². The smallest absolute Gasteiger partial charge is 0.156 e. The van der Waals surface area contributed by atoms with E-state index in [9.17, 15) is 0 Å². The lowest BCUT2D eigenvalue weighted by Gasteiger charge is -2.36. The molecule has 1 aliphatic carbocycles. The van der Waals surface area contributed by atoms with Crippen LogP contribution in [0.3, 0.4) is 0 Å². The molecule has 0 spiro atoms. The predicted octanol–water partition coefficient (Wildman–Crippen LogP) is 5.74. The highest BCUT2D eigenvalue weighted by Gasteiger charge is 2.28. The molecule has 1 fully saturated rings. The molecule has 0 bridgehead atoms. The Morgan fingerprint density at radius 1 is 1.30 bits per heavy atom. The van der Waals surface area contributed by atoms with Crippen molar-refractivity contribution >= 4 is 33.2 Å². The normalized spacial score (nSPS) is 22.9. The topological polar surface area (TPSA) is 21.3 Å². The molecule has 0 saturated heterocycles. The Bertz CT molecular complexity index is 464. The van der Waals surface area contributed by atoms with Gasteiger partial charge in [-0.25, -0.2) is 0 Å². The molecule has 0 aromatic heterocycles. The number of nitrogens with one attached hydrogen (secondary N) is 1. The van der Waals surface area contributed by atoms with Gasteiger partial charge in [0.15, 0.2) is 5.75 Å². The molecule has 1 aromatic carbocycles. The van der Waals surface area contributed by atoms with E-state index in [1.54, 1.807) is 7.11 Å². The molecule has 0 amide bonds. The van der Waals surface area contributed by atoms with E-state index in [2.05, 4.69) is 35.1 Å². The fourth-order valence-corrected chi connectivity index (χ4v) is 4.18. The van der Waals surface area contributed by atoms with Crippen molar-refractivity contribution in [2.45, 2.75) is 45.6 Å². The summed E-state index contributed by atoms with van der Waals surface area (Å²) in [5, 5.41) is 4.39. The van der Waals surface area contributed by atoms with Crippen LogP contribution in [0.15, 0.2) is 16.6 Å². The summed E-state index contributed by atoms with van der Waals surface area (Å²) in [5.41, 5.74) is 0.990. The van der Waals surface area contributed by atoms with Crippen LogP contribution in [0.4, 0.5) is 5.69 Å². The first-order valence-electron chi connectivity index (χ1n) is 7.32. The second-order valence-corrected chi connectivity index (χ2v) is 7.20. The Morgan fingerprint density at radius 2 is 2.00 bits per heavy atom. The molecule has 1 aliphatic rings. The summed E-state index contributed by atoms with van der Waals surface area (Å²) in [4.78, 5) is 0. The van der Waals surface area contributed by atoms with Gasteiger partial charge in [0.05, 0.1) is 17.3 Å². The fraction of sp³-hybridized carbons (Fsp3) is 0.625. The molecule has 4 heteroatoms. The Hall–Kier alpha value is -0.410. The van der Waals surface area contributed by atoms with E-state index >= 15 is 0 Å². The quantitative estimate of drug-likeness (QED) is 0.739. The lowest BCUT2D eigenvalue weighted by molar-refractivity contribution is 0.253. The van der Waals surface area contributed by atoms with Crippen LogP contribution in [-0.2, 0) is 0 Å². The maximum Gasteiger partial charge on any atom is 0.156 e. The van der Waals surface area contributed by atoms with Crippen molar-refractivity contribution in [1.29, 1.82) is 0 Å². The van der Waals surface area contributed by atoms with Crippen molar-refractivity contribution in [3.05, 3.63) is 21.6 Å². The standard InChI is InChI=1S/C16H23BrClNO/c1-10(2)12-6-4-5-7-14(12)19-15-9-11(18)8-13(17)16(15)20-3/h8-10,12,14,19H,4-7H2,1-3H3. The molecular weight excluding hydrogens is 338 g/mol. The summed E-state index contributed by atoms with van der Waals surface area (Å²) in [6.07, 6.45) is 5.16. The van der Waals surface area contributed by atoms with E-state index in [1.165, 1.54) is 25.7 Å². The van der Waals surface area contributed by atoms with Crippen molar-refractivity contribution < 1.29 is 4.74 Å². The van der Waals surface area contributed by atoms with Crippen LogP contribution < -0.4 is 10.1 Å². The first kappa shape index (κ1) is 16.0. The minimum absolute atomic E-state index is 0.503. The monoisotopic (exact) mass is 359 g/mol. The van der Waals surface area contributed by atoms with Crippen molar-refractivity contribution in [2.75, 3.05) is 12.4 Å². The molecule has 0 heterocycles. The molecule has 1 saturated carbocycles. The molecule has 2 atom stereocenters. The Morgan fingerprint density at radius 3 is 2.65 bits per heavy atom. The summed E-state index contributed by atoms with van der Waals surface area (Å²) < 4.78 is 6.40. The molecule has 0 radical (unpaired) electrons. The lowest BCUT2D eigenvalue weighted by atomic mass is 9.78. The molecule has 2 unspecified atom stereocenters. The van der Waals surface area contributed by atoms with E-state index in [0.29, 0.717) is 17.9 Å². The van der Waals surface area contributed by atoms with Crippen LogP contribution in [-0.4, -0.2) is 13.2 Å². The molecule has 0 aliphatic heterocycles. The van der Waals surface area contributed by atoms with Gasteiger partial charge in [0.1, 0.15) is 0 Å². The van der Waals surface area contributed by atoms with Crippen LogP contribution in [0.5, 0.6) is 5.75 Å². The third kappa shape index (κ3) is 3.62. The summed E-state index contributed by atoms with van der Waals surface area (Å²) in [5.74, 6) is 2.25. The fourth-order valence-electron chi connectivity index (χ4n) is 3.21. The Kier molecular flexibility index (Phi) is 5.62. The van der Waals surface area contributed by atoms with Gasteiger partial charge in [0.2, 0.25) is 0 Å². The van der Waals surface area contributed by atoms with Crippen molar-refractivity contribution in [2.24, 2.45) is 11.8 Å². The zero-order valence-corrected chi connectivity index (χ0v) is 14.7. The average Bonchev–Trinajstić information content (AvgIpc) is 2.38. The third-order valence-corrected chi connectivity index (χ3v) is 5.04. The second kappa shape index (κ2) is 7.04. The first-order valence-corrected chi connectivity index (χ1v) is 8.49. The van der Waals surface area contributed by atoms with E-state index in [0.717, 1.165) is 20.9 Å². The van der Waals surface area contributed by atoms with Crippen LogP contribution in [0.2, 0.25) is 5.02 Å². The van der Waals surface area contributed by atoms with Gasteiger partial charge in [-0.05, 0) is 52.7 Å². The van der Waals surface area contributed by atoms with Gasteiger partial charge in [0.25, 0.3) is 0 Å². The minimum atomic E-state index is 0.503. The summed E-state index contributed by atoms with van der Waals surface area (Å²) in [7, 11) is 1.69. The van der Waals surface area contributed by atoms with Gasteiger partial charge in [-0.1, -0.05) is 38.3 Å². The van der Waals surface area contributed by atoms with Gasteiger partial charge in [-0.2, -0.15) is 0 Å². The summed E-state index contributed by atoms with van der Waals surface area (Å²) >= 11 is 9.69. The van der Waals surface area contributed by atoms with Crippen molar-refractivity contribution in [3.8, 4) is 5.75 Å². The van der Waals surface area contributed by atoms with Crippen LogP contribution >= 0.6 is 27.5 Å². The van der Waals surface area contributed by atoms with Gasteiger partial charge in [-0.15, -0.1) is 0 Å². The highest BCUT2D eigenvalue weighted by molar-refractivity contribution is 9.10. The van der Waals surface area contributed by atoms with Crippen LogP contribution in [0.25, 0.3) is 0 Å². The zero-order valence-electron chi connectivity index (χ0n) is 12.4. The lowest BCUT2D eigenvalue weighted by Crippen LogP contribution is -2.35. The number of anilines is 1. The maximum atomic E-state index is 6.17. The SMILES string of the molecule is COc1c(Br)cc(Cl)cc1NC1CCCCC1C(C)C. The van der Waals surface area contributed by atoms with Gasteiger partial charge < -0.3 is 10.1 Å². The molecule has 2 rings (SSSR count). The average molecular weight is 361 g/mol. The number of rotatable bonds is 4. The zero-order chi connectivity index (χ0) is 14.7. The number of ether oxygens (including phenoxy) is 1. The molecular formula is C16H23BrClNO. The van der Waals surface area contributed by atoms with Crippen molar-refractivity contribution in [1.82, 2.24) is 0 Å². The first-order chi connectivity index (χ1) is 9.52. The summed E-state index contributed by atoms with van der Waals surface area (Å²) in [6.45, 7) is 4.63. The number of methoxy groups -OCH3 is 1. The van der Waals surface area contributed by atoms with Gasteiger partial charge >= 0.3 is 0 Å². The van der Waals surface area contributed by atoms with E-state index in [-0.39, 0.29) is 0 Å². The number of hydrogen-bond acceptors (Lipinski definition) is 2. The molecule has 1 N–H and O–H groups in total. The minimum Gasteiger partial charge on any atom is -0.493 e.